The maximum absolute atomic E-state index is 6.13. The van der Waals surface area contributed by atoms with Gasteiger partial charge in [-0.25, -0.2) is 0 Å². The van der Waals surface area contributed by atoms with Crippen LogP contribution in [0.25, 0.3) is 0 Å². The molecule has 0 bridgehead atoms. The summed E-state index contributed by atoms with van der Waals surface area (Å²) in [6, 6.07) is 8.36. The number of benzene rings is 1. The third-order valence-corrected chi connectivity index (χ3v) is 2.72. The van der Waals surface area contributed by atoms with E-state index in [-0.39, 0.29) is 12.2 Å². The molecule has 0 aromatic heterocycles. The fraction of sp³-hybridized carbons (Fsp3) is 0.500. The van der Waals surface area contributed by atoms with E-state index in [1.807, 2.05) is 12.1 Å². The van der Waals surface area contributed by atoms with Crippen LogP contribution in [-0.2, 0) is 0 Å². The highest BCUT2D eigenvalue weighted by molar-refractivity contribution is 5.74. The van der Waals surface area contributed by atoms with Gasteiger partial charge in [0, 0.05) is 6.04 Å². The number of nitrogens with two attached hydrogens (primary N) is 1. The number of fused-ring (bicyclic) bond motifs is 1. The molecule has 1 aliphatic heterocycles. The zero-order valence-electron chi connectivity index (χ0n) is 9.33. The van der Waals surface area contributed by atoms with Crippen LogP contribution < -0.4 is 16.4 Å². The lowest BCUT2D eigenvalue weighted by Gasteiger charge is -2.22. The first-order chi connectivity index (χ1) is 7.16. The van der Waals surface area contributed by atoms with Gasteiger partial charge >= 0.3 is 0 Å². The van der Waals surface area contributed by atoms with Crippen molar-refractivity contribution < 1.29 is 0 Å². The maximum Gasteiger partial charge on any atom is 0.112 e. The van der Waals surface area contributed by atoms with E-state index in [0.717, 1.165) is 17.8 Å². The number of hydrogen-bond donors (Lipinski definition) is 3. The lowest BCUT2D eigenvalue weighted by Crippen LogP contribution is -2.43. The van der Waals surface area contributed by atoms with Gasteiger partial charge in [-0.2, -0.15) is 0 Å². The van der Waals surface area contributed by atoms with Gasteiger partial charge < -0.3 is 16.4 Å². The topological polar surface area (TPSA) is 50.1 Å². The fourth-order valence-electron chi connectivity index (χ4n) is 2.00. The van der Waals surface area contributed by atoms with Gasteiger partial charge in [-0.1, -0.05) is 26.0 Å². The number of para-hydroxylation sites is 2. The molecule has 0 spiro atoms. The summed E-state index contributed by atoms with van der Waals surface area (Å²) in [5.41, 5.74) is 8.44. The van der Waals surface area contributed by atoms with E-state index in [4.69, 9.17) is 5.73 Å². The normalized spacial score (nSPS) is 17.1. The Morgan fingerprint density at radius 1 is 1.20 bits per heavy atom. The second kappa shape index (κ2) is 4.11. The third kappa shape index (κ3) is 2.23. The monoisotopic (exact) mass is 205 g/mol. The Labute approximate surface area is 91.1 Å². The molecule has 0 saturated carbocycles. The van der Waals surface area contributed by atoms with Crippen LogP contribution in [-0.4, -0.2) is 12.2 Å². The van der Waals surface area contributed by atoms with E-state index in [0.29, 0.717) is 5.92 Å². The van der Waals surface area contributed by atoms with Crippen LogP contribution in [0.4, 0.5) is 11.4 Å². The first kappa shape index (κ1) is 10.3. The van der Waals surface area contributed by atoms with Gasteiger partial charge in [-0.3, -0.25) is 0 Å². The van der Waals surface area contributed by atoms with E-state index in [2.05, 4.69) is 36.6 Å². The molecule has 4 N–H and O–H groups in total. The molecule has 0 amide bonds. The molecule has 1 atom stereocenters. The van der Waals surface area contributed by atoms with Crippen LogP contribution in [0.1, 0.15) is 20.3 Å². The molecule has 1 aromatic rings. The summed E-state index contributed by atoms with van der Waals surface area (Å²) in [5, 5.41) is 6.81. The summed E-state index contributed by atoms with van der Waals surface area (Å²) in [4.78, 5) is 0. The Kier molecular flexibility index (Phi) is 2.82. The van der Waals surface area contributed by atoms with Crippen molar-refractivity contribution in [1.82, 2.24) is 0 Å². The second-order valence-corrected chi connectivity index (χ2v) is 4.61. The van der Waals surface area contributed by atoms with Crippen molar-refractivity contribution in [2.45, 2.75) is 32.5 Å². The van der Waals surface area contributed by atoms with Gasteiger partial charge in [0.1, 0.15) is 6.17 Å². The predicted octanol–water partition coefficient (Wildman–Crippen LogP) is 2.22. The van der Waals surface area contributed by atoms with Crippen molar-refractivity contribution in [3.8, 4) is 0 Å². The molecule has 1 heterocycles. The summed E-state index contributed by atoms with van der Waals surface area (Å²) < 4.78 is 0. The van der Waals surface area contributed by atoms with E-state index in [1.54, 1.807) is 0 Å². The smallest absolute Gasteiger partial charge is 0.112 e. The maximum atomic E-state index is 6.13. The van der Waals surface area contributed by atoms with Gasteiger partial charge in [-0.15, -0.1) is 0 Å². The first-order valence-electron chi connectivity index (χ1n) is 5.54. The Bertz CT molecular complexity index is 310. The molecule has 0 fully saturated rings. The molecule has 1 aromatic carbocycles. The predicted molar refractivity (Wildman–Crippen MR) is 64.9 cm³/mol. The van der Waals surface area contributed by atoms with Crippen molar-refractivity contribution in [2.24, 2.45) is 11.7 Å². The van der Waals surface area contributed by atoms with Crippen LogP contribution in [0.15, 0.2) is 24.3 Å². The van der Waals surface area contributed by atoms with Crippen molar-refractivity contribution in [3.05, 3.63) is 24.3 Å². The lowest BCUT2D eigenvalue weighted by molar-refractivity contribution is 0.470. The Balaban J connectivity index is 2.00. The SMILES string of the molecule is CC(C)C[C@H](N)C1Nc2ccccc2N1. The van der Waals surface area contributed by atoms with Gasteiger partial charge in [0.15, 0.2) is 0 Å². The van der Waals surface area contributed by atoms with E-state index in [9.17, 15) is 0 Å². The number of hydrogen-bond acceptors (Lipinski definition) is 3. The first-order valence-corrected chi connectivity index (χ1v) is 5.54. The molecule has 0 unspecified atom stereocenters. The quantitative estimate of drug-likeness (QED) is 0.709. The van der Waals surface area contributed by atoms with Gasteiger partial charge in [-0.05, 0) is 24.5 Å². The number of nitrogens with one attached hydrogen (secondary N) is 2. The Hall–Kier alpha value is -1.22. The average molecular weight is 205 g/mol. The minimum Gasteiger partial charge on any atom is -0.362 e. The summed E-state index contributed by atoms with van der Waals surface area (Å²) in [6.45, 7) is 4.39. The molecule has 3 nitrogen and oxygen atoms in total. The summed E-state index contributed by atoms with van der Waals surface area (Å²) >= 11 is 0. The van der Waals surface area contributed by atoms with E-state index < -0.39 is 0 Å². The highest BCUT2D eigenvalue weighted by Gasteiger charge is 2.24. The third-order valence-electron chi connectivity index (χ3n) is 2.72. The zero-order chi connectivity index (χ0) is 10.8. The molecular weight excluding hydrogens is 186 g/mol. The minimum atomic E-state index is 0.150. The number of anilines is 2. The Morgan fingerprint density at radius 2 is 1.73 bits per heavy atom. The largest absolute Gasteiger partial charge is 0.362 e. The molecule has 0 radical (unpaired) electrons. The van der Waals surface area contributed by atoms with Gasteiger partial charge in [0.05, 0.1) is 11.4 Å². The minimum absolute atomic E-state index is 0.150. The van der Waals surface area contributed by atoms with Crippen molar-refractivity contribution in [1.29, 1.82) is 0 Å². The fourth-order valence-corrected chi connectivity index (χ4v) is 2.00. The second-order valence-electron chi connectivity index (χ2n) is 4.61. The molecule has 0 aliphatic carbocycles. The average Bonchev–Trinajstić information content (AvgIpc) is 2.59. The van der Waals surface area contributed by atoms with Gasteiger partial charge in [0.25, 0.3) is 0 Å². The highest BCUT2D eigenvalue weighted by atomic mass is 15.2. The molecule has 1 aliphatic rings. The van der Waals surface area contributed by atoms with Crippen LogP contribution in [0.5, 0.6) is 0 Å². The van der Waals surface area contributed by atoms with E-state index in [1.165, 1.54) is 0 Å². The van der Waals surface area contributed by atoms with Crippen LogP contribution >= 0.6 is 0 Å². The summed E-state index contributed by atoms with van der Waals surface area (Å²) in [6.07, 6.45) is 1.20. The van der Waals surface area contributed by atoms with Crippen LogP contribution in [0, 0.1) is 5.92 Å². The highest BCUT2D eigenvalue weighted by Crippen LogP contribution is 2.29. The van der Waals surface area contributed by atoms with Crippen molar-refractivity contribution >= 4 is 11.4 Å². The van der Waals surface area contributed by atoms with Crippen molar-refractivity contribution in [2.75, 3.05) is 10.6 Å². The molecule has 15 heavy (non-hydrogen) atoms. The van der Waals surface area contributed by atoms with Crippen LogP contribution in [0.2, 0.25) is 0 Å². The standard InChI is InChI=1S/C12H19N3/c1-8(2)7-9(13)12-14-10-5-3-4-6-11(10)15-12/h3-6,8-9,12,14-15H,7,13H2,1-2H3/t9-/m0/s1. The lowest BCUT2D eigenvalue weighted by atomic mass is 10.0. The van der Waals surface area contributed by atoms with Crippen molar-refractivity contribution in [3.63, 3.8) is 0 Å². The molecule has 0 saturated heterocycles. The van der Waals surface area contributed by atoms with Crippen LogP contribution in [0.3, 0.4) is 0 Å². The summed E-state index contributed by atoms with van der Waals surface area (Å²) in [7, 11) is 0. The van der Waals surface area contributed by atoms with Gasteiger partial charge in [0.2, 0.25) is 0 Å². The number of rotatable bonds is 3. The molecule has 82 valence electrons. The van der Waals surface area contributed by atoms with E-state index >= 15 is 0 Å². The zero-order valence-corrected chi connectivity index (χ0v) is 9.33. The Morgan fingerprint density at radius 3 is 2.20 bits per heavy atom. The summed E-state index contributed by atoms with van der Waals surface area (Å²) in [5.74, 6) is 0.632. The molecule has 2 rings (SSSR count). The molecule has 3 heteroatoms. The molecular formula is C12H19N3.